The van der Waals surface area contributed by atoms with Crippen LogP contribution in [-0.4, -0.2) is 16.8 Å². The first-order valence-electron chi connectivity index (χ1n) is 9.00. The van der Waals surface area contributed by atoms with Gasteiger partial charge in [0.05, 0.1) is 16.3 Å². The molecule has 3 aromatic rings. The number of amides is 2. The number of nitrogens with one attached hydrogen (secondary N) is 2. The Balaban J connectivity index is 1.71. The van der Waals surface area contributed by atoms with E-state index >= 15 is 0 Å². The molecule has 6 nitrogen and oxygen atoms in total. The van der Waals surface area contributed by atoms with E-state index in [0.717, 1.165) is 16.9 Å². The minimum atomic E-state index is -0.463. The van der Waals surface area contributed by atoms with Crippen LogP contribution in [0.15, 0.2) is 34.1 Å². The summed E-state index contributed by atoms with van der Waals surface area (Å²) < 4.78 is 5.40. The van der Waals surface area contributed by atoms with E-state index in [2.05, 4.69) is 15.6 Å². The van der Waals surface area contributed by atoms with E-state index < -0.39 is 5.41 Å². The second-order valence-electron chi connectivity index (χ2n) is 7.68. The van der Waals surface area contributed by atoms with Gasteiger partial charge in [-0.05, 0) is 26.0 Å². The van der Waals surface area contributed by atoms with Gasteiger partial charge in [-0.3, -0.25) is 14.9 Å². The van der Waals surface area contributed by atoms with Gasteiger partial charge in [-0.15, -0.1) is 11.3 Å². The fourth-order valence-corrected chi connectivity index (χ4v) is 3.55. The largest absolute Gasteiger partial charge is 0.464 e. The van der Waals surface area contributed by atoms with Gasteiger partial charge < -0.3 is 9.73 Å². The number of thiazole rings is 1. The van der Waals surface area contributed by atoms with Crippen molar-refractivity contribution in [2.24, 2.45) is 5.41 Å². The predicted octanol–water partition coefficient (Wildman–Crippen LogP) is 5.91. The van der Waals surface area contributed by atoms with Crippen molar-refractivity contribution >= 4 is 45.6 Å². The molecule has 0 bridgehead atoms. The van der Waals surface area contributed by atoms with Gasteiger partial charge >= 0.3 is 0 Å². The highest BCUT2D eigenvalue weighted by molar-refractivity contribution is 7.14. The van der Waals surface area contributed by atoms with Crippen LogP contribution in [0.1, 0.15) is 42.6 Å². The Hall–Kier alpha value is -2.64. The molecule has 0 radical (unpaired) electrons. The van der Waals surface area contributed by atoms with Crippen LogP contribution in [0.4, 0.5) is 10.8 Å². The Morgan fingerprint density at radius 3 is 2.28 bits per heavy atom. The minimum Gasteiger partial charge on any atom is -0.464 e. The van der Waals surface area contributed by atoms with Crippen LogP contribution in [0.5, 0.6) is 0 Å². The Bertz CT molecular complexity index is 1060. The van der Waals surface area contributed by atoms with Crippen LogP contribution < -0.4 is 10.6 Å². The van der Waals surface area contributed by atoms with Crippen molar-refractivity contribution in [1.29, 1.82) is 0 Å². The second-order valence-corrected chi connectivity index (χ2v) is 8.91. The van der Waals surface area contributed by atoms with Crippen molar-refractivity contribution in [3.05, 3.63) is 51.8 Å². The molecule has 0 aliphatic rings. The molecule has 0 saturated heterocycles. The van der Waals surface area contributed by atoms with Crippen LogP contribution in [0.2, 0.25) is 5.02 Å². The van der Waals surface area contributed by atoms with Gasteiger partial charge in [0.15, 0.2) is 5.13 Å². The molecular weight excluding hydrogens is 410 g/mol. The van der Waals surface area contributed by atoms with E-state index in [1.165, 1.54) is 11.3 Å². The molecule has 1 aromatic carbocycles. The molecule has 2 aromatic heterocycles. The average Bonchev–Trinajstić information content (AvgIpc) is 3.19. The molecule has 152 valence electrons. The number of aromatic nitrogens is 1. The van der Waals surface area contributed by atoms with Gasteiger partial charge in [-0.2, -0.15) is 0 Å². The zero-order valence-electron chi connectivity index (χ0n) is 16.8. The van der Waals surface area contributed by atoms with Crippen LogP contribution in [0.3, 0.4) is 0 Å². The third kappa shape index (κ3) is 4.68. The Kier molecular flexibility index (Phi) is 5.82. The lowest BCUT2D eigenvalue weighted by atomic mass is 9.95. The molecule has 2 N–H and O–H groups in total. The molecule has 0 fully saturated rings. The lowest BCUT2D eigenvalue weighted by molar-refractivity contribution is -0.123. The third-order valence-electron chi connectivity index (χ3n) is 4.26. The number of nitrogens with zero attached hydrogens (tertiary/aromatic N) is 1. The summed E-state index contributed by atoms with van der Waals surface area (Å²) in [5.74, 6) is 0.570. The molecule has 0 unspecified atom stereocenters. The lowest BCUT2D eigenvalue weighted by Gasteiger charge is -2.17. The SMILES string of the molecule is Cc1oc(C)c(C(=O)Nc2nc(-c3ccc(NC(=O)C(C)(C)C)cc3)cs2)c1Cl. The molecule has 2 heterocycles. The van der Waals surface area contributed by atoms with Gasteiger partial charge in [0, 0.05) is 22.0 Å². The summed E-state index contributed by atoms with van der Waals surface area (Å²) in [5.41, 5.74) is 2.18. The maximum absolute atomic E-state index is 12.5. The fourth-order valence-electron chi connectivity index (χ4n) is 2.58. The quantitative estimate of drug-likeness (QED) is 0.537. The van der Waals surface area contributed by atoms with E-state index in [9.17, 15) is 9.59 Å². The fraction of sp³-hybridized carbons (Fsp3) is 0.286. The molecule has 0 aliphatic heterocycles. The van der Waals surface area contributed by atoms with Crippen molar-refractivity contribution in [3.8, 4) is 11.3 Å². The van der Waals surface area contributed by atoms with Gasteiger partial charge in [-0.1, -0.05) is 44.5 Å². The monoisotopic (exact) mass is 431 g/mol. The number of benzene rings is 1. The summed E-state index contributed by atoms with van der Waals surface area (Å²) >= 11 is 7.47. The zero-order valence-corrected chi connectivity index (χ0v) is 18.4. The normalized spacial score (nSPS) is 11.4. The number of carbonyl (C=O) groups excluding carboxylic acids is 2. The van der Waals surface area contributed by atoms with Gasteiger partial charge in [0.25, 0.3) is 5.91 Å². The highest BCUT2D eigenvalue weighted by Gasteiger charge is 2.22. The second kappa shape index (κ2) is 8.00. The summed E-state index contributed by atoms with van der Waals surface area (Å²) in [6.45, 7) is 8.99. The van der Waals surface area contributed by atoms with E-state index in [1.54, 1.807) is 13.8 Å². The van der Waals surface area contributed by atoms with Crippen LogP contribution >= 0.6 is 22.9 Å². The number of carbonyl (C=O) groups is 2. The summed E-state index contributed by atoms with van der Waals surface area (Å²) in [7, 11) is 0. The summed E-state index contributed by atoms with van der Waals surface area (Å²) in [6, 6.07) is 7.40. The van der Waals surface area contributed by atoms with Gasteiger partial charge in [0.2, 0.25) is 5.91 Å². The van der Waals surface area contributed by atoms with E-state index in [4.69, 9.17) is 16.0 Å². The highest BCUT2D eigenvalue weighted by Crippen LogP contribution is 2.30. The average molecular weight is 432 g/mol. The first kappa shape index (κ1) is 21.1. The topological polar surface area (TPSA) is 84.2 Å². The third-order valence-corrected chi connectivity index (χ3v) is 5.47. The summed E-state index contributed by atoms with van der Waals surface area (Å²) in [4.78, 5) is 29.1. The molecule has 29 heavy (non-hydrogen) atoms. The van der Waals surface area contributed by atoms with Crippen LogP contribution in [-0.2, 0) is 4.79 Å². The van der Waals surface area contributed by atoms with Crippen molar-refractivity contribution in [2.75, 3.05) is 10.6 Å². The Morgan fingerprint density at radius 1 is 1.07 bits per heavy atom. The molecule has 0 saturated carbocycles. The molecule has 3 rings (SSSR count). The molecule has 8 heteroatoms. The first-order chi connectivity index (χ1) is 13.6. The molecule has 0 aliphatic carbocycles. The highest BCUT2D eigenvalue weighted by atomic mass is 35.5. The van der Waals surface area contributed by atoms with Gasteiger partial charge in [0.1, 0.15) is 11.5 Å². The number of hydrogen-bond donors (Lipinski definition) is 2. The first-order valence-corrected chi connectivity index (χ1v) is 10.3. The molecule has 0 spiro atoms. The van der Waals surface area contributed by atoms with E-state index in [-0.39, 0.29) is 11.8 Å². The molecule has 2 amide bonds. The zero-order chi connectivity index (χ0) is 21.3. The maximum atomic E-state index is 12.5. The van der Waals surface area contributed by atoms with E-state index in [0.29, 0.717) is 27.2 Å². The van der Waals surface area contributed by atoms with Crippen molar-refractivity contribution in [2.45, 2.75) is 34.6 Å². The van der Waals surface area contributed by atoms with Crippen molar-refractivity contribution in [1.82, 2.24) is 4.98 Å². The maximum Gasteiger partial charge on any atom is 0.262 e. The van der Waals surface area contributed by atoms with Crippen molar-refractivity contribution in [3.63, 3.8) is 0 Å². The number of aryl methyl sites for hydroxylation is 2. The standard InChI is InChI=1S/C21H22ClN3O3S/c1-11-16(17(22)12(2)28-11)18(26)25-20-24-15(10-29-20)13-6-8-14(9-7-13)23-19(27)21(3,4)5/h6-10H,1-5H3,(H,23,27)(H,24,25,26). The van der Waals surface area contributed by atoms with Crippen LogP contribution in [0, 0.1) is 19.3 Å². The number of rotatable bonds is 4. The molecule has 0 atom stereocenters. The van der Waals surface area contributed by atoms with E-state index in [1.807, 2.05) is 50.4 Å². The van der Waals surface area contributed by atoms with Crippen LogP contribution in [0.25, 0.3) is 11.3 Å². The number of halogens is 1. The summed E-state index contributed by atoms with van der Waals surface area (Å²) in [6.07, 6.45) is 0. The number of hydrogen-bond acceptors (Lipinski definition) is 5. The number of anilines is 2. The minimum absolute atomic E-state index is 0.0488. The Labute approximate surface area is 178 Å². The Morgan fingerprint density at radius 2 is 1.72 bits per heavy atom. The van der Waals surface area contributed by atoms with Gasteiger partial charge in [-0.25, -0.2) is 4.98 Å². The smallest absolute Gasteiger partial charge is 0.262 e. The predicted molar refractivity (Wildman–Crippen MR) is 117 cm³/mol. The lowest BCUT2D eigenvalue weighted by Crippen LogP contribution is -2.27. The summed E-state index contributed by atoms with van der Waals surface area (Å²) in [5, 5.41) is 8.28. The van der Waals surface area contributed by atoms with Crippen molar-refractivity contribution < 1.29 is 14.0 Å². The molecular formula is C21H22ClN3O3S. The number of furan rings is 1.